The van der Waals surface area contributed by atoms with Gasteiger partial charge in [-0.25, -0.2) is 14.6 Å². The van der Waals surface area contributed by atoms with Gasteiger partial charge in [-0.3, -0.25) is 15.4 Å². The van der Waals surface area contributed by atoms with Gasteiger partial charge in [0.15, 0.2) is 0 Å². The molecule has 2 aromatic rings. The Kier molecular flexibility index (Phi) is 6.14. The third-order valence-corrected chi connectivity index (χ3v) is 3.30. The number of nitro benzene ring substituents is 1. The molecule has 0 spiro atoms. The minimum Gasteiger partial charge on any atom is -0.449 e. The molecule has 0 aliphatic carbocycles. The number of aromatic nitrogens is 1. The summed E-state index contributed by atoms with van der Waals surface area (Å²) < 4.78 is 9.80. The Hall–Kier alpha value is -3.69. The SMILES string of the molecule is CC(C)(C)OC(=O)Nc1ccc(Cc2cc([N+](=O)[O-])ccc2OC(=O)O)cn1. The highest BCUT2D eigenvalue weighted by molar-refractivity contribution is 5.83. The molecule has 0 saturated heterocycles. The van der Waals surface area contributed by atoms with Crippen molar-refractivity contribution in [2.45, 2.75) is 32.8 Å². The minimum atomic E-state index is -1.52. The van der Waals surface area contributed by atoms with Gasteiger partial charge in [-0.2, -0.15) is 0 Å². The van der Waals surface area contributed by atoms with Gasteiger partial charge in [0, 0.05) is 30.3 Å². The van der Waals surface area contributed by atoms with Crippen LogP contribution in [0.2, 0.25) is 0 Å². The van der Waals surface area contributed by atoms with Crippen molar-refractivity contribution in [2.24, 2.45) is 0 Å². The minimum absolute atomic E-state index is 0.00550. The third-order valence-electron chi connectivity index (χ3n) is 3.30. The van der Waals surface area contributed by atoms with Crippen LogP contribution in [-0.2, 0) is 11.2 Å². The summed E-state index contributed by atoms with van der Waals surface area (Å²) in [4.78, 5) is 37.0. The van der Waals surface area contributed by atoms with Crippen LogP contribution in [0, 0.1) is 10.1 Å². The molecule has 28 heavy (non-hydrogen) atoms. The number of non-ortho nitro benzene ring substituents is 1. The van der Waals surface area contributed by atoms with Crippen molar-refractivity contribution in [3.8, 4) is 5.75 Å². The molecule has 10 heteroatoms. The van der Waals surface area contributed by atoms with E-state index < -0.39 is 22.8 Å². The van der Waals surface area contributed by atoms with Gasteiger partial charge in [0.1, 0.15) is 17.2 Å². The summed E-state index contributed by atoms with van der Waals surface area (Å²) in [6.07, 6.45) is -0.575. The molecule has 1 amide bonds. The maximum absolute atomic E-state index is 11.7. The van der Waals surface area contributed by atoms with Crippen molar-refractivity contribution < 1.29 is 29.1 Å². The van der Waals surface area contributed by atoms with Gasteiger partial charge in [-0.15, -0.1) is 0 Å². The van der Waals surface area contributed by atoms with Crippen molar-refractivity contribution in [3.63, 3.8) is 0 Å². The summed E-state index contributed by atoms with van der Waals surface area (Å²) in [5.74, 6) is 0.258. The van der Waals surface area contributed by atoms with E-state index in [2.05, 4.69) is 15.0 Å². The normalized spacial score (nSPS) is 10.8. The lowest BCUT2D eigenvalue weighted by molar-refractivity contribution is -0.384. The lowest BCUT2D eigenvalue weighted by Gasteiger charge is -2.19. The van der Waals surface area contributed by atoms with Gasteiger partial charge < -0.3 is 14.6 Å². The van der Waals surface area contributed by atoms with Gasteiger partial charge in [0.2, 0.25) is 0 Å². The number of hydrogen-bond donors (Lipinski definition) is 2. The van der Waals surface area contributed by atoms with E-state index in [1.54, 1.807) is 26.8 Å². The second kappa shape index (κ2) is 8.33. The van der Waals surface area contributed by atoms with Gasteiger partial charge in [-0.05, 0) is 38.5 Å². The Bertz CT molecular complexity index is 889. The van der Waals surface area contributed by atoms with Crippen molar-refractivity contribution in [1.29, 1.82) is 0 Å². The van der Waals surface area contributed by atoms with Crippen LogP contribution in [0.15, 0.2) is 36.5 Å². The molecule has 10 nitrogen and oxygen atoms in total. The van der Waals surface area contributed by atoms with Crippen molar-refractivity contribution >= 4 is 23.8 Å². The molecule has 2 N–H and O–H groups in total. The maximum atomic E-state index is 11.7. The zero-order valence-corrected chi connectivity index (χ0v) is 15.5. The molecule has 0 fully saturated rings. The van der Waals surface area contributed by atoms with Crippen LogP contribution in [0.1, 0.15) is 31.9 Å². The second-order valence-electron chi connectivity index (χ2n) is 6.77. The van der Waals surface area contributed by atoms with E-state index in [0.29, 0.717) is 11.1 Å². The monoisotopic (exact) mass is 389 g/mol. The number of pyridine rings is 1. The van der Waals surface area contributed by atoms with Gasteiger partial charge in [0.25, 0.3) is 5.69 Å². The van der Waals surface area contributed by atoms with E-state index in [1.165, 1.54) is 24.4 Å². The van der Waals surface area contributed by atoms with Crippen LogP contribution >= 0.6 is 0 Å². The summed E-state index contributed by atoms with van der Waals surface area (Å²) in [5, 5.41) is 22.3. The average molecular weight is 389 g/mol. The number of benzene rings is 1. The first kappa shape index (κ1) is 20.6. The van der Waals surface area contributed by atoms with E-state index in [4.69, 9.17) is 9.84 Å². The van der Waals surface area contributed by atoms with Gasteiger partial charge in [0.05, 0.1) is 4.92 Å². The van der Waals surface area contributed by atoms with Crippen LogP contribution < -0.4 is 10.1 Å². The van der Waals surface area contributed by atoms with Crippen LogP contribution in [0.25, 0.3) is 0 Å². The zero-order valence-electron chi connectivity index (χ0n) is 15.5. The zero-order chi connectivity index (χ0) is 20.9. The van der Waals surface area contributed by atoms with Crippen LogP contribution in [0.3, 0.4) is 0 Å². The molecule has 0 bridgehead atoms. The third kappa shape index (κ3) is 6.24. The lowest BCUT2D eigenvalue weighted by Crippen LogP contribution is -2.27. The smallest absolute Gasteiger partial charge is 0.449 e. The van der Waals surface area contributed by atoms with Crippen molar-refractivity contribution in [3.05, 3.63) is 57.8 Å². The van der Waals surface area contributed by atoms with Crippen LogP contribution in [0.4, 0.5) is 21.1 Å². The number of rotatable bonds is 5. The molecule has 0 atom stereocenters. The summed E-state index contributed by atoms with van der Waals surface area (Å²) in [6.45, 7) is 5.21. The molecule has 1 aromatic heterocycles. The maximum Gasteiger partial charge on any atom is 0.511 e. The molecule has 0 radical (unpaired) electrons. The number of anilines is 1. The number of carbonyl (C=O) groups is 2. The van der Waals surface area contributed by atoms with E-state index in [1.807, 2.05) is 0 Å². The summed E-state index contributed by atoms with van der Waals surface area (Å²) in [6, 6.07) is 6.81. The predicted octanol–water partition coefficient (Wildman–Crippen LogP) is 3.98. The highest BCUT2D eigenvalue weighted by Gasteiger charge is 2.17. The second-order valence-corrected chi connectivity index (χ2v) is 6.77. The summed E-state index contributed by atoms with van der Waals surface area (Å²) in [5.41, 5.74) is 0.104. The van der Waals surface area contributed by atoms with Crippen LogP contribution in [0.5, 0.6) is 5.75 Å². The number of amides is 1. The largest absolute Gasteiger partial charge is 0.511 e. The van der Waals surface area contributed by atoms with E-state index >= 15 is 0 Å². The number of ether oxygens (including phenoxy) is 2. The highest BCUT2D eigenvalue weighted by Crippen LogP contribution is 2.27. The number of carbonyl (C=O) groups excluding carboxylic acids is 1. The number of nitrogens with zero attached hydrogens (tertiary/aromatic N) is 2. The number of nitrogens with one attached hydrogen (secondary N) is 1. The Balaban J connectivity index is 2.16. The number of nitro groups is 1. The fourth-order valence-electron chi connectivity index (χ4n) is 2.24. The lowest BCUT2D eigenvalue weighted by atomic mass is 10.0. The van der Waals surface area contributed by atoms with E-state index in [0.717, 1.165) is 6.07 Å². The Morgan fingerprint density at radius 1 is 1.25 bits per heavy atom. The van der Waals surface area contributed by atoms with Crippen molar-refractivity contribution in [1.82, 2.24) is 4.98 Å². The predicted molar refractivity (Wildman–Crippen MR) is 98.6 cm³/mol. The summed E-state index contributed by atoms with van der Waals surface area (Å²) >= 11 is 0. The molecule has 0 aliphatic rings. The average Bonchev–Trinajstić information content (AvgIpc) is 2.55. The van der Waals surface area contributed by atoms with Crippen LogP contribution in [-0.4, -0.2) is 32.9 Å². The molecule has 2 rings (SSSR count). The molecule has 0 saturated carbocycles. The standard InChI is InChI=1S/C18H19N3O7/c1-18(2,3)28-16(22)20-15-7-4-11(10-19-15)8-12-9-13(21(25)26)5-6-14(12)27-17(23)24/h4-7,9-10H,8H2,1-3H3,(H,23,24)(H,19,20,22). The first-order valence-corrected chi connectivity index (χ1v) is 8.16. The number of carboxylic acid groups (broad SMARTS) is 1. The molecular formula is C18H19N3O7. The molecule has 1 heterocycles. The van der Waals surface area contributed by atoms with E-state index in [9.17, 15) is 19.7 Å². The van der Waals surface area contributed by atoms with E-state index in [-0.39, 0.29) is 23.7 Å². The Labute approximate surface area is 160 Å². The Morgan fingerprint density at radius 2 is 1.96 bits per heavy atom. The Morgan fingerprint density at radius 3 is 2.50 bits per heavy atom. The van der Waals surface area contributed by atoms with Crippen molar-refractivity contribution in [2.75, 3.05) is 5.32 Å². The number of hydrogen-bond acceptors (Lipinski definition) is 7. The highest BCUT2D eigenvalue weighted by atomic mass is 16.7. The fourth-order valence-corrected chi connectivity index (χ4v) is 2.24. The molecule has 0 aliphatic heterocycles. The molecule has 148 valence electrons. The van der Waals surface area contributed by atoms with Gasteiger partial charge in [-0.1, -0.05) is 6.07 Å². The first-order valence-electron chi connectivity index (χ1n) is 8.16. The first-order chi connectivity index (χ1) is 13.0. The summed E-state index contributed by atoms with van der Waals surface area (Å²) in [7, 11) is 0. The molecule has 1 aromatic carbocycles. The quantitative estimate of drug-likeness (QED) is 0.338. The van der Waals surface area contributed by atoms with Gasteiger partial charge >= 0.3 is 12.2 Å². The molecular weight excluding hydrogens is 370 g/mol. The molecule has 0 unspecified atom stereocenters. The fraction of sp³-hybridized carbons (Fsp3) is 0.278. The topological polar surface area (TPSA) is 141 Å².